The van der Waals surface area contributed by atoms with Gasteiger partial charge in [0.05, 0.1) is 5.41 Å². The van der Waals surface area contributed by atoms with Crippen LogP contribution in [0.15, 0.2) is 42.5 Å². The van der Waals surface area contributed by atoms with E-state index >= 15 is 0 Å². The zero-order valence-corrected chi connectivity index (χ0v) is 14.5. The standard InChI is InChI=1S/C19H20ClNO3/c1-19(2,14-5-8-16-17(11-14)24-10-9-23-16)18(22)21-12-13-3-6-15(20)7-4-13/h3-8,11H,9-10,12H2,1-2H3,(H,21,22). The Morgan fingerprint density at radius 3 is 2.46 bits per heavy atom. The second kappa shape index (κ2) is 6.73. The molecule has 24 heavy (non-hydrogen) atoms. The van der Waals surface area contributed by atoms with Crippen LogP contribution in [0.1, 0.15) is 25.0 Å². The highest BCUT2D eigenvalue weighted by atomic mass is 35.5. The van der Waals surface area contributed by atoms with Crippen LogP contribution >= 0.6 is 11.6 Å². The van der Waals surface area contributed by atoms with Crippen molar-refractivity contribution in [2.24, 2.45) is 0 Å². The summed E-state index contributed by atoms with van der Waals surface area (Å²) in [6, 6.07) is 13.1. The molecule has 0 bridgehead atoms. The van der Waals surface area contributed by atoms with E-state index < -0.39 is 5.41 Å². The largest absolute Gasteiger partial charge is 0.486 e. The maximum atomic E-state index is 12.7. The first-order valence-electron chi connectivity index (χ1n) is 7.90. The molecule has 0 spiro atoms. The fraction of sp³-hybridized carbons (Fsp3) is 0.316. The zero-order chi connectivity index (χ0) is 17.2. The number of amides is 1. The van der Waals surface area contributed by atoms with Crippen LogP contribution in [0.4, 0.5) is 0 Å². The fourth-order valence-corrected chi connectivity index (χ4v) is 2.69. The van der Waals surface area contributed by atoms with Crippen LogP contribution in [0.25, 0.3) is 0 Å². The molecule has 126 valence electrons. The molecule has 0 aromatic heterocycles. The van der Waals surface area contributed by atoms with E-state index in [4.69, 9.17) is 21.1 Å². The lowest BCUT2D eigenvalue weighted by molar-refractivity contribution is -0.125. The summed E-state index contributed by atoms with van der Waals surface area (Å²) in [5.41, 5.74) is 1.22. The second-order valence-electron chi connectivity index (χ2n) is 6.29. The predicted octanol–water partition coefficient (Wildman–Crippen LogP) is 3.71. The number of halogens is 1. The molecule has 0 unspecified atom stereocenters. The van der Waals surface area contributed by atoms with Gasteiger partial charge in [-0.2, -0.15) is 0 Å². The second-order valence-corrected chi connectivity index (χ2v) is 6.73. The molecule has 2 aromatic carbocycles. The highest BCUT2D eigenvalue weighted by Crippen LogP contribution is 2.35. The molecule has 0 radical (unpaired) electrons. The summed E-state index contributed by atoms with van der Waals surface area (Å²) < 4.78 is 11.1. The summed E-state index contributed by atoms with van der Waals surface area (Å²) in [5, 5.41) is 3.67. The highest BCUT2D eigenvalue weighted by molar-refractivity contribution is 6.30. The number of carbonyl (C=O) groups is 1. The molecule has 0 saturated heterocycles. The first kappa shape index (κ1) is 16.7. The zero-order valence-electron chi connectivity index (χ0n) is 13.8. The lowest BCUT2D eigenvalue weighted by Gasteiger charge is -2.26. The first-order chi connectivity index (χ1) is 11.5. The third-order valence-corrected chi connectivity index (χ3v) is 4.45. The van der Waals surface area contributed by atoms with Gasteiger partial charge in [0, 0.05) is 11.6 Å². The van der Waals surface area contributed by atoms with Gasteiger partial charge in [0.1, 0.15) is 13.2 Å². The maximum Gasteiger partial charge on any atom is 0.230 e. The average molecular weight is 346 g/mol. The highest BCUT2D eigenvalue weighted by Gasteiger charge is 2.31. The Morgan fingerprint density at radius 1 is 1.08 bits per heavy atom. The van der Waals surface area contributed by atoms with E-state index in [-0.39, 0.29) is 5.91 Å². The minimum atomic E-state index is -0.678. The minimum Gasteiger partial charge on any atom is -0.486 e. The van der Waals surface area contributed by atoms with Crippen molar-refractivity contribution in [3.63, 3.8) is 0 Å². The molecule has 0 fully saturated rings. The Hall–Kier alpha value is -2.20. The predicted molar refractivity (Wildman–Crippen MR) is 93.8 cm³/mol. The molecule has 0 atom stereocenters. The van der Waals surface area contributed by atoms with Gasteiger partial charge < -0.3 is 14.8 Å². The van der Waals surface area contributed by atoms with Crippen molar-refractivity contribution in [3.05, 3.63) is 58.6 Å². The summed E-state index contributed by atoms with van der Waals surface area (Å²) in [4.78, 5) is 12.7. The lowest BCUT2D eigenvalue weighted by Crippen LogP contribution is -2.39. The Bertz CT molecular complexity index is 741. The molecule has 5 heteroatoms. The van der Waals surface area contributed by atoms with Crippen molar-refractivity contribution >= 4 is 17.5 Å². The van der Waals surface area contributed by atoms with Gasteiger partial charge in [-0.1, -0.05) is 29.8 Å². The third kappa shape index (κ3) is 3.49. The maximum absolute atomic E-state index is 12.7. The van der Waals surface area contributed by atoms with Crippen molar-refractivity contribution in [2.75, 3.05) is 13.2 Å². The number of rotatable bonds is 4. The molecule has 1 N–H and O–H groups in total. The number of hydrogen-bond acceptors (Lipinski definition) is 3. The van der Waals surface area contributed by atoms with Gasteiger partial charge in [-0.3, -0.25) is 4.79 Å². The van der Waals surface area contributed by atoms with E-state index in [1.807, 2.05) is 56.3 Å². The molecule has 1 aliphatic heterocycles. The third-order valence-electron chi connectivity index (χ3n) is 4.20. The number of nitrogens with one attached hydrogen (secondary N) is 1. The van der Waals surface area contributed by atoms with Gasteiger partial charge in [-0.05, 0) is 49.2 Å². The number of carbonyl (C=O) groups excluding carboxylic acids is 1. The molecule has 0 saturated carbocycles. The van der Waals surface area contributed by atoms with Gasteiger partial charge in [-0.25, -0.2) is 0 Å². The van der Waals surface area contributed by atoms with Gasteiger partial charge in [0.15, 0.2) is 11.5 Å². The topological polar surface area (TPSA) is 47.6 Å². The van der Waals surface area contributed by atoms with E-state index in [1.165, 1.54) is 0 Å². The summed E-state index contributed by atoms with van der Waals surface area (Å²) in [5.74, 6) is 1.37. The molecule has 4 nitrogen and oxygen atoms in total. The summed E-state index contributed by atoms with van der Waals surface area (Å²) in [6.45, 7) is 5.34. The molecule has 0 aliphatic carbocycles. The van der Waals surface area contributed by atoms with Crippen molar-refractivity contribution < 1.29 is 14.3 Å². The Kier molecular flexibility index (Phi) is 4.67. The van der Waals surface area contributed by atoms with Gasteiger partial charge in [-0.15, -0.1) is 0 Å². The van der Waals surface area contributed by atoms with Gasteiger partial charge >= 0.3 is 0 Å². The van der Waals surface area contributed by atoms with Gasteiger partial charge in [0.25, 0.3) is 0 Å². The molecule has 2 aromatic rings. The monoisotopic (exact) mass is 345 g/mol. The SMILES string of the molecule is CC(C)(C(=O)NCc1ccc(Cl)cc1)c1ccc2c(c1)OCCO2. The molecule has 1 aliphatic rings. The van der Waals surface area contributed by atoms with Crippen LogP contribution in [0, 0.1) is 0 Å². The summed E-state index contributed by atoms with van der Waals surface area (Å²) in [6.07, 6.45) is 0. The van der Waals surface area contributed by atoms with Crippen LogP contribution in [0.5, 0.6) is 11.5 Å². The van der Waals surface area contributed by atoms with Crippen molar-refractivity contribution in [1.29, 1.82) is 0 Å². The average Bonchev–Trinajstić information content (AvgIpc) is 2.60. The van der Waals surface area contributed by atoms with E-state index in [0.717, 1.165) is 16.9 Å². The first-order valence-corrected chi connectivity index (χ1v) is 8.27. The van der Waals surface area contributed by atoms with Gasteiger partial charge in [0.2, 0.25) is 5.91 Å². The minimum absolute atomic E-state index is 0.0471. The van der Waals surface area contributed by atoms with Crippen molar-refractivity contribution in [3.8, 4) is 11.5 Å². The van der Waals surface area contributed by atoms with E-state index in [0.29, 0.717) is 30.5 Å². The normalized spacial score (nSPS) is 13.5. The number of fused-ring (bicyclic) bond motifs is 1. The lowest BCUT2D eigenvalue weighted by atomic mass is 9.83. The summed E-state index contributed by atoms with van der Waals surface area (Å²) >= 11 is 5.88. The number of benzene rings is 2. The van der Waals surface area contributed by atoms with E-state index in [1.54, 1.807) is 0 Å². The number of ether oxygens (including phenoxy) is 2. The van der Waals surface area contributed by atoms with Crippen LogP contribution in [-0.4, -0.2) is 19.1 Å². The molecule has 3 rings (SSSR count). The Morgan fingerprint density at radius 2 is 1.75 bits per heavy atom. The quantitative estimate of drug-likeness (QED) is 0.919. The van der Waals surface area contributed by atoms with Crippen LogP contribution < -0.4 is 14.8 Å². The van der Waals surface area contributed by atoms with Crippen molar-refractivity contribution in [2.45, 2.75) is 25.8 Å². The molecule has 1 heterocycles. The van der Waals surface area contributed by atoms with Crippen LogP contribution in [-0.2, 0) is 16.8 Å². The van der Waals surface area contributed by atoms with E-state index in [2.05, 4.69) is 5.32 Å². The van der Waals surface area contributed by atoms with Crippen molar-refractivity contribution in [1.82, 2.24) is 5.32 Å². The fourth-order valence-electron chi connectivity index (χ4n) is 2.57. The van der Waals surface area contributed by atoms with E-state index in [9.17, 15) is 4.79 Å². The smallest absolute Gasteiger partial charge is 0.230 e. The van der Waals surface area contributed by atoms with Crippen LogP contribution in [0.3, 0.4) is 0 Å². The summed E-state index contributed by atoms with van der Waals surface area (Å²) in [7, 11) is 0. The molecule has 1 amide bonds. The molecular weight excluding hydrogens is 326 g/mol. The number of hydrogen-bond donors (Lipinski definition) is 1. The molecular formula is C19H20ClNO3. The Balaban J connectivity index is 1.71. The Labute approximate surface area is 146 Å². The van der Waals surface area contributed by atoms with Crippen LogP contribution in [0.2, 0.25) is 5.02 Å².